The number of carbonyl (C=O) groups is 1. The van der Waals surface area contributed by atoms with Crippen LogP contribution in [0.3, 0.4) is 0 Å². The van der Waals surface area contributed by atoms with Crippen molar-refractivity contribution in [1.29, 1.82) is 0 Å². The highest BCUT2D eigenvalue weighted by Crippen LogP contribution is 2.30. The fraction of sp³-hybridized carbons (Fsp3) is 0.278. The highest BCUT2D eigenvalue weighted by molar-refractivity contribution is 7.92. The Bertz CT molecular complexity index is 829. The summed E-state index contributed by atoms with van der Waals surface area (Å²) in [4.78, 5) is 12.1. The molecule has 23 heavy (non-hydrogen) atoms. The first kappa shape index (κ1) is 15.7. The number of hydrogen-bond donors (Lipinski definition) is 0. The van der Waals surface area contributed by atoms with E-state index in [0.717, 1.165) is 11.1 Å². The summed E-state index contributed by atoms with van der Waals surface area (Å²) in [5.74, 6) is 0.0524. The molecule has 0 spiro atoms. The molecule has 1 aliphatic rings. The number of benzene rings is 2. The first-order valence-electron chi connectivity index (χ1n) is 7.65. The number of sulfonamides is 1. The molecule has 0 atom stereocenters. The fourth-order valence-corrected chi connectivity index (χ4v) is 4.38. The van der Waals surface area contributed by atoms with E-state index >= 15 is 0 Å². The molecule has 0 fully saturated rings. The van der Waals surface area contributed by atoms with Gasteiger partial charge in [-0.1, -0.05) is 42.0 Å². The topological polar surface area (TPSA) is 54.5 Å². The quantitative estimate of drug-likeness (QED) is 0.866. The molecule has 0 N–H and O–H groups in total. The number of anilines is 1. The largest absolute Gasteiger partial charge is 0.294 e. The van der Waals surface area contributed by atoms with Crippen molar-refractivity contribution in [3.8, 4) is 0 Å². The number of ketones is 1. The summed E-state index contributed by atoms with van der Waals surface area (Å²) in [6.07, 6.45) is 0.704. The first-order valence-corrected chi connectivity index (χ1v) is 9.26. The minimum atomic E-state index is -3.45. The van der Waals surface area contributed by atoms with Crippen molar-refractivity contribution in [3.63, 3.8) is 0 Å². The summed E-state index contributed by atoms with van der Waals surface area (Å²) in [6.45, 7) is 2.13. The molecule has 0 aliphatic carbocycles. The van der Waals surface area contributed by atoms with Crippen LogP contribution in [0.4, 0.5) is 5.69 Å². The smallest absolute Gasteiger partial charge is 0.235 e. The molecule has 2 aromatic carbocycles. The van der Waals surface area contributed by atoms with Crippen molar-refractivity contribution in [2.45, 2.75) is 19.8 Å². The zero-order valence-corrected chi connectivity index (χ0v) is 13.8. The monoisotopic (exact) mass is 329 g/mol. The second-order valence-electron chi connectivity index (χ2n) is 5.82. The second-order valence-corrected chi connectivity index (χ2v) is 7.83. The van der Waals surface area contributed by atoms with Gasteiger partial charge in [0.2, 0.25) is 10.0 Å². The average molecular weight is 329 g/mol. The lowest BCUT2D eigenvalue weighted by molar-refractivity contribution is 0.0982. The zero-order chi connectivity index (χ0) is 16.4. The van der Waals surface area contributed by atoms with Gasteiger partial charge in [0.1, 0.15) is 0 Å². The zero-order valence-electron chi connectivity index (χ0n) is 13.0. The van der Waals surface area contributed by atoms with Crippen molar-refractivity contribution in [3.05, 3.63) is 65.2 Å². The molecule has 3 rings (SSSR count). The Labute approximate surface area is 136 Å². The summed E-state index contributed by atoms with van der Waals surface area (Å²) < 4.78 is 26.9. The summed E-state index contributed by atoms with van der Waals surface area (Å²) >= 11 is 0. The van der Waals surface area contributed by atoms with Gasteiger partial charge in [-0.25, -0.2) is 8.42 Å². The van der Waals surface area contributed by atoms with Crippen LogP contribution >= 0.6 is 0 Å². The summed E-state index contributed by atoms with van der Waals surface area (Å²) in [7, 11) is -3.45. The number of fused-ring (bicyclic) bond motifs is 1. The minimum Gasteiger partial charge on any atom is -0.294 e. The molecule has 1 aliphatic heterocycles. The van der Waals surface area contributed by atoms with Crippen LogP contribution in [0.1, 0.15) is 27.9 Å². The predicted octanol–water partition coefficient (Wildman–Crippen LogP) is 2.96. The van der Waals surface area contributed by atoms with E-state index in [9.17, 15) is 13.2 Å². The molecule has 1 heterocycles. The van der Waals surface area contributed by atoms with Gasteiger partial charge in [0.15, 0.2) is 5.78 Å². The van der Waals surface area contributed by atoms with Crippen molar-refractivity contribution < 1.29 is 13.2 Å². The Morgan fingerprint density at radius 1 is 1.09 bits per heavy atom. The molecule has 0 saturated heterocycles. The van der Waals surface area contributed by atoms with Gasteiger partial charge >= 0.3 is 0 Å². The molecule has 0 amide bonds. The Morgan fingerprint density at radius 2 is 1.83 bits per heavy atom. The second kappa shape index (κ2) is 6.16. The molecule has 2 aromatic rings. The lowest BCUT2D eigenvalue weighted by Crippen LogP contribution is -2.39. The molecule has 120 valence electrons. The number of hydrogen-bond acceptors (Lipinski definition) is 3. The summed E-state index contributed by atoms with van der Waals surface area (Å²) in [5.41, 5.74) is 2.98. The standard InChI is InChI=1S/C18H19NO3S/c1-14-7-8-17-16(13-14)18(20)9-11-19(17)23(21,22)12-10-15-5-3-2-4-6-15/h2-8,13H,9-12H2,1H3. The molecule has 0 aromatic heterocycles. The van der Waals surface area contributed by atoms with E-state index in [-0.39, 0.29) is 24.5 Å². The molecule has 0 radical (unpaired) electrons. The van der Waals surface area contributed by atoms with Gasteiger partial charge in [-0.15, -0.1) is 0 Å². The van der Waals surface area contributed by atoms with E-state index in [0.29, 0.717) is 17.7 Å². The molecule has 0 bridgehead atoms. The van der Waals surface area contributed by atoms with Crippen LogP contribution < -0.4 is 4.31 Å². The maximum absolute atomic E-state index is 12.7. The number of Topliss-reactive ketones (excluding diaryl/α,β-unsaturated/α-hetero) is 1. The van der Waals surface area contributed by atoms with Gasteiger partial charge in [0, 0.05) is 18.5 Å². The SMILES string of the molecule is Cc1ccc2c(c1)C(=O)CCN2S(=O)(=O)CCc1ccccc1. The third-order valence-electron chi connectivity index (χ3n) is 4.09. The van der Waals surface area contributed by atoms with E-state index in [1.807, 2.05) is 43.3 Å². The van der Waals surface area contributed by atoms with E-state index in [1.54, 1.807) is 12.1 Å². The van der Waals surface area contributed by atoms with E-state index in [1.165, 1.54) is 4.31 Å². The molecule has 5 heteroatoms. The van der Waals surface area contributed by atoms with Crippen LogP contribution in [0.5, 0.6) is 0 Å². The first-order chi connectivity index (χ1) is 11.0. The highest BCUT2D eigenvalue weighted by atomic mass is 32.2. The predicted molar refractivity (Wildman–Crippen MR) is 91.4 cm³/mol. The molecule has 0 saturated carbocycles. The maximum atomic E-state index is 12.7. The molecular weight excluding hydrogens is 310 g/mol. The van der Waals surface area contributed by atoms with Crippen molar-refractivity contribution in [1.82, 2.24) is 0 Å². The Kier molecular flexibility index (Phi) is 4.22. The number of aryl methyl sites for hydroxylation is 2. The van der Waals surface area contributed by atoms with Gasteiger partial charge in [0.05, 0.1) is 11.4 Å². The number of rotatable bonds is 4. The molecular formula is C18H19NO3S. The van der Waals surface area contributed by atoms with Gasteiger partial charge in [-0.3, -0.25) is 9.10 Å². The van der Waals surface area contributed by atoms with E-state index < -0.39 is 10.0 Å². The lowest BCUT2D eigenvalue weighted by atomic mass is 10.0. The Morgan fingerprint density at radius 3 is 2.57 bits per heavy atom. The van der Waals surface area contributed by atoms with Gasteiger partial charge in [0.25, 0.3) is 0 Å². The van der Waals surface area contributed by atoms with Crippen LogP contribution in [-0.4, -0.2) is 26.5 Å². The van der Waals surface area contributed by atoms with Crippen molar-refractivity contribution in [2.24, 2.45) is 0 Å². The van der Waals surface area contributed by atoms with Crippen LogP contribution in [0.25, 0.3) is 0 Å². The maximum Gasteiger partial charge on any atom is 0.235 e. The van der Waals surface area contributed by atoms with Gasteiger partial charge in [-0.05, 0) is 31.0 Å². The van der Waals surface area contributed by atoms with Gasteiger partial charge in [-0.2, -0.15) is 0 Å². The Hall–Kier alpha value is -2.14. The van der Waals surface area contributed by atoms with Gasteiger partial charge < -0.3 is 0 Å². The van der Waals surface area contributed by atoms with E-state index in [2.05, 4.69) is 0 Å². The number of carbonyl (C=O) groups excluding carboxylic acids is 1. The average Bonchev–Trinajstić information content (AvgIpc) is 2.55. The molecule has 4 nitrogen and oxygen atoms in total. The molecule has 0 unspecified atom stereocenters. The van der Waals surface area contributed by atoms with Crippen LogP contribution in [0.2, 0.25) is 0 Å². The Balaban J connectivity index is 1.86. The highest BCUT2D eigenvalue weighted by Gasteiger charge is 2.30. The third-order valence-corrected chi connectivity index (χ3v) is 5.86. The minimum absolute atomic E-state index is 0.0122. The number of nitrogens with zero attached hydrogens (tertiary/aromatic N) is 1. The van der Waals surface area contributed by atoms with Crippen LogP contribution in [0, 0.1) is 6.92 Å². The summed E-state index contributed by atoms with van der Waals surface area (Å²) in [6, 6.07) is 14.9. The summed E-state index contributed by atoms with van der Waals surface area (Å²) in [5, 5.41) is 0. The fourth-order valence-electron chi connectivity index (χ4n) is 2.84. The van der Waals surface area contributed by atoms with E-state index in [4.69, 9.17) is 0 Å². The van der Waals surface area contributed by atoms with Crippen molar-refractivity contribution in [2.75, 3.05) is 16.6 Å². The van der Waals surface area contributed by atoms with Crippen LogP contribution in [-0.2, 0) is 16.4 Å². The van der Waals surface area contributed by atoms with Crippen LogP contribution in [0.15, 0.2) is 48.5 Å². The third kappa shape index (κ3) is 3.29. The lowest BCUT2D eigenvalue weighted by Gasteiger charge is -2.30. The van der Waals surface area contributed by atoms with Crippen molar-refractivity contribution >= 4 is 21.5 Å². The normalized spacial score (nSPS) is 14.7.